The van der Waals surface area contributed by atoms with Crippen molar-refractivity contribution in [2.45, 2.75) is 18.5 Å². The Morgan fingerprint density at radius 2 is 2.18 bits per heavy atom. The van der Waals surface area contributed by atoms with Gasteiger partial charge in [-0.1, -0.05) is 30.3 Å². The number of aliphatic carboxylic acids is 1. The molecule has 1 aromatic rings. The van der Waals surface area contributed by atoms with Crippen LogP contribution in [-0.2, 0) is 11.2 Å². The quantitative estimate of drug-likeness (QED) is 0.795. The SMILES string of the molecule is O=C(O)[C@@H]1CN([O-])[C@@H](Cc2ccccc2)CN1. The summed E-state index contributed by atoms with van der Waals surface area (Å²) in [4.78, 5) is 10.7. The molecule has 0 unspecified atom stereocenters. The van der Waals surface area contributed by atoms with E-state index in [4.69, 9.17) is 5.11 Å². The number of hydrogen-bond acceptors (Lipinski definition) is 4. The number of hydrogen-bond donors (Lipinski definition) is 2. The van der Waals surface area contributed by atoms with Gasteiger partial charge < -0.3 is 20.7 Å². The maximum absolute atomic E-state index is 11.7. The number of carbonyl (C=O) groups is 1. The lowest BCUT2D eigenvalue weighted by Crippen LogP contribution is -2.57. The van der Waals surface area contributed by atoms with Crippen LogP contribution in [-0.4, -0.2) is 41.3 Å². The Hall–Kier alpha value is -1.43. The molecular weight excluding hydrogens is 220 g/mol. The Balaban J connectivity index is 1.94. The van der Waals surface area contributed by atoms with Gasteiger partial charge in [0.2, 0.25) is 0 Å². The van der Waals surface area contributed by atoms with Crippen molar-refractivity contribution in [2.75, 3.05) is 13.1 Å². The van der Waals surface area contributed by atoms with Crippen molar-refractivity contribution >= 4 is 5.97 Å². The molecule has 5 nitrogen and oxygen atoms in total. The van der Waals surface area contributed by atoms with Crippen molar-refractivity contribution in [1.29, 1.82) is 0 Å². The molecule has 1 fully saturated rings. The molecule has 0 aliphatic carbocycles. The van der Waals surface area contributed by atoms with E-state index >= 15 is 0 Å². The van der Waals surface area contributed by atoms with E-state index in [1.54, 1.807) is 0 Å². The van der Waals surface area contributed by atoms with Gasteiger partial charge in [0.05, 0.1) is 0 Å². The third kappa shape index (κ3) is 3.03. The number of hydroxylamine groups is 2. The number of carboxylic acids is 1. The Kier molecular flexibility index (Phi) is 3.73. The molecule has 1 aromatic carbocycles. The minimum Gasteiger partial charge on any atom is -0.785 e. The van der Waals surface area contributed by atoms with E-state index < -0.39 is 12.0 Å². The number of piperazine rings is 1. The fourth-order valence-corrected chi connectivity index (χ4v) is 2.00. The summed E-state index contributed by atoms with van der Waals surface area (Å²) in [6, 6.07) is 8.79. The summed E-state index contributed by atoms with van der Waals surface area (Å²) < 4.78 is 0. The minimum atomic E-state index is -0.969. The summed E-state index contributed by atoms with van der Waals surface area (Å²) in [5.41, 5.74) is 1.09. The van der Waals surface area contributed by atoms with E-state index in [0.717, 1.165) is 10.6 Å². The highest BCUT2D eigenvalue weighted by Crippen LogP contribution is 2.12. The Morgan fingerprint density at radius 3 is 2.76 bits per heavy atom. The van der Waals surface area contributed by atoms with E-state index in [0.29, 0.717) is 13.0 Å². The molecule has 92 valence electrons. The molecule has 1 aliphatic heterocycles. The molecule has 2 rings (SSSR count). The summed E-state index contributed by atoms with van der Waals surface area (Å²) in [6.07, 6.45) is 0.643. The lowest BCUT2D eigenvalue weighted by Gasteiger charge is -2.43. The van der Waals surface area contributed by atoms with Crippen molar-refractivity contribution in [2.24, 2.45) is 0 Å². The maximum Gasteiger partial charge on any atom is 0.321 e. The molecule has 1 heterocycles. The zero-order chi connectivity index (χ0) is 12.3. The van der Waals surface area contributed by atoms with Crippen LogP contribution >= 0.6 is 0 Å². The third-order valence-corrected chi connectivity index (χ3v) is 2.98. The van der Waals surface area contributed by atoms with Gasteiger partial charge in [0.25, 0.3) is 0 Å². The molecular formula is C12H15N2O3-. The molecule has 0 amide bonds. The third-order valence-electron chi connectivity index (χ3n) is 2.98. The maximum atomic E-state index is 11.7. The number of nitrogens with one attached hydrogen (secondary N) is 1. The molecule has 1 saturated heterocycles. The molecule has 17 heavy (non-hydrogen) atoms. The van der Waals surface area contributed by atoms with E-state index in [1.165, 1.54) is 0 Å². The summed E-state index contributed by atoms with van der Waals surface area (Å²) >= 11 is 0. The smallest absolute Gasteiger partial charge is 0.321 e. The fraction of sp³-hybridized carbons (Fsp3) is 0.417. The van der Waals surface area contributed by atoms with Crippen LogP contribution < -0.4 is 5.32 Å². The van der Waals surface area contributed by atoms with Crippen LogP contribution in [0.1, 0.15) is 5.56 Å². The largest absolute Gasteiger partial charge is 0.785 e. The number of nitrogens with zero attached hydrogens (tertiary/aromatic N) is 1. The van der Waals surface area contributed by atoms with Crippen LogP contribution in [0.2, 0.25) is 0 Å². The van der Waals surface area contributed by atoms with E-state index in [-0.39, 0.29) is 12.6 Å². The van der Waals surface area contributed by atoms with Gasteiger partial charge >= 0.3 is 5.97 Å². The van der Waals surface area contributed by atoms with Crippen LogP contribution in [0.15, 0.2) is 30.3 Å². The van der Waals surface area contributed by atoms with Crippen molar-refractivity contribution in [3.63, 3.8) is 0 Å². The summed E-state index contributed by atoms with van der Waals surface area (Å²) in [6.45, 7) is 0.419. The van der Waals surface area contributed by atoms with Gasteiger partial charge in [0.1, 0.15) is 6.04 Å². The molecule has 5 heteroatoms. The van der Waals surface area contributed by atoms with Gasteiger partial charge in [-0.3, -0.25) is 4.79 Å². The van der Waals surface area contributed by atoms with Gasteiger partial charge in [-0.2, -0.15) is 0 Å². The highest BCUT2D eigenvalue weighted by Gasteiger charge is 2.26. The summed E-state index contributed by atoms with van der Waals surface area (Å²) in [5.74, 6) is -0.969. The molecule has 0 bridgehead atoms. The molecule has 1 aliphatic rings. The second kappa shape index (κ2) is 5.27. The monoisotopic (exact) mass is 235 g/mol. The van der Waals surface area contributed by atoms with E-state index in [1.807, 2.05) is 30.3 Å². The summed E-state index contributed by atoms with van der Waals surface area (Å²) in [7, 11) is 0. The van der Waals surface area contributed by atoms with E-state index in [9.17, 15) is 10.0 Å². The lowest BCUT2D eigenvalue weighted by molar-refractivity contribution is -0.140. The van der Waals surface area contributed by atoms with E-state index in [2.05, 4.69) is 5.32 Å². The topological polar surface area (TPSA) is 75.6 Å². The molecule has 2 atom stereocenters. The van der Waals surface area contributed by atoms with Crippen LogP contribution in [0.25, 0.3) is 0 Å². The Labute approximate surface area is 99.6 Å². The second-order valence-corrected chi connectivity index (χ2v) is 4.24. The minimum absolute atomic E-state index is 0.00678. The van der Waals surface area contributed by atoms with Gasteiger partial charge in [-0.25, -0.2) is 0 Å². The lowest BCUT2D eigenvalue weighted by atomic mass is 10.0. The number of rotatable bonds is 3. The van der Waals surface area contributed by atoms with Gasteiger partial charge in [-0.15, -0.1) is 0 Å². The van der Waals surface area contributed by atoms with Crippen LogP contribution in [0.5, 0.6) is 0 Å². The first-order valence-electron chi connectivity index (χ1n) is 5.60. The average molecular weight is 235 g/mol. The van der Waals surface area contributed by atoms with Crippen molar-refractivity contribution < 1.29 is 9.90 Å². The van der Waals surface area contributed by atoms with Crippen LogP contribution in [0.3, 0.4) is 0 Å². The number of carboxylic acid groups (broad SMARTS) is 1. The molecule has 0 spiro atoms. The van der Waals surface area contributed by atoms with Crippen molar-refractivity contribution in [3.8, 4) is 0 Å². The van der Waals surface area contributed by atoms with Gasteiger partial charge in [0.15, 0.2) is 0 Å². The highest BCUT2D eigenvalue weighted by atomic mass is 16.5. The predicted molar refractivity (Wildman–Crippen MR) is 63.4 cm³/mol. The fourth-order valence-electron chi connectivity index (χ4n) is 2.00. The van der Waals surface area contributed by atoms with Gasteiger partial charge in [-0.05, 0) is 12.0 Å². The zero-order valence-corrected chi connectivity index (χ0v) is 9.37. The van der Waals surface area contributed by atoms with Gasteiger partial charge in [0, 0.05) is 19.1 Å². The Bertz CT molecular complexity index is 383. The first-order valence-corrected chi connectivity index (χ1v) is 5.60. The number of benzene rings is 1. The normalized spacial score (nSPS) is 25.7. The second-order valence-electron chi connectivity index (χ2n) is 4.24. The average Bonchev–Trinajstić information content (AvgIpc) is 2.33. The molecule has 2 N–H and O–H groups in total. The first kappa shape index (κ1) is 12.0. The predicted octanol–water partition coefficient (Wildman–Crippen LogP) is 0.454. The zero-order valence-electron chi connectivity index (χ0n) is 9.37. The molecule has 0 radical (unpaired) electrons. The molecule has 0 aromatic heterocycles. The Morgan fingerprint density at radius 1 is 1.47 bits per heavy atom. The van der Waals surface area contributed by atoms with Crippen molar-refractivity contribution in [3.05, 3.63) is 41.1 Å². The van der Waals surface area contributed by atoms with Crippen LogP contribution in [0.4, 0.5) is 0 Å². The molecule has 0 saturated carbocycles. The van der Waals surface area contributed by atoms with Crippen LogP contribution in [0, 0.1) is 5.21 Å². The van der Waals surface area contributed by atoms with Crippen molar-refractivity contribution in [1.82, 2.24) is 10.4 Å². The standard InChI is InChI=1S/C12H15N2O3/c15-12(16)11-8-14(17)10(7-13-11)6-9-4-2-1-3-5-9/h1-5,10-11,13H,6-8H2,(H,15,16)/q-1/t10-,11-/m0/s1. The summed E-state index contributed by atoms with van der Waals surface area (Å²) in [5, 5.41) is 24.3. The highest BCUT2D eigenvalue weighted by molar-refractivity contribution is 5.73. The first-order chi connectivity index (χ1) is 8.16.